The summed E-state index contributed by atoms with van der Waals surface area (Å²) in [6.07, 6.45) is 8.36. The molecule has 4 heteroatoms. The van der Waals surface area contributed by atoms with Crippen molar-refractivity contribution in [3.8, 4) is 12.3 Å². The van der Waals surface area contributed by atoms with Crippen molar-refractivity contribution in [1.82, 2.24) is 0 Å². The average molecular weight is 228 g/mol. The van der Waals surface area contributed by atoms with Gasteiger partial charge in [-0.2, -0.15) is 0 Å². The molecule has 1 atom stereocenters. The molecule has 0 aromatic heterocycles. The monoisotopic (exact) mass is 228 g/mol. The van der Waals surface area contributed by atoms with Crippen molar-refractivity contribution < 1.29 is 13.6 Å². The Hall–Kier alpha value is -0.810. The minimum absolute atomic E-state index is 0.131. The molecule has 0 N–H and O–H groups in total. The smallest absolute Gasteiger partial charge is 0.304 e. The van der Waals surface area contributed by atoms with Gasteiger partial charge < -0.3 is 4.52 Å². The summed E-state index contributed by atoms with van der Waals surface area (Å²) in [7, 11) is -3.21. The van der Waals surface area contributed by atoms with Crippen LogP contribution in [0.25, 0.3) is 0 Å². The number of hydrogen-bond acceptors (Lipinski definition) is 3. The third kappa shape index (κ3) is 5.59. The van der Waals surface area contributed by atoms with Crippen LogP contribution in [0.4, 0.5) is 0 Å². The standard InChI is InChI=1S/C11H17O3P/c1-6-9-13-15(12,10-7-2)14-11(4,5)8-3/h3,6-7H,1-2,9-10H2,4-5H3. The number of hydrogen-bond donors (Lipinski definition) is 0. The zero-order valence-corrected chi connectivity index (χ0v) is 10.1. The van der Waals surface area contributed by atoms with Crippen molar-refractivity contribution in [2.24, 2.45) is 0 Å². The summed E-state index contributed by atoms with van der Waals surface area (Å²) in [6, 6.07) is 0. The van der Waals surface area contributed by atoms with Gasteiger partial charge in [-0.05, 0) is 13.8 Å². The van der Waals surface area contributed by atoms with Gasteiger partial charge >= 0.3 is 7.60 Å². The molecule has 0 saturated carbocycles. The summed E-state index contributed by atoms with van der Waals surface area (Å²) < 4.78 is 22.5. The Morgan fingerprint density at radius 3 is 2.47 bits per heavy atom. The first kappa shape index (κ1) is 14.2. The third-order valence-corrected chi connectivity index (χ3v) is 3.44. The summed E-state index contributed by atoms with van der Waals surface area (Å²) in [6.45, 7) is 10.4. The number of allylic oxidation sites excluding steroid dienone is 1. The topological polar surface area (TPSA) is 35.5 Å². The van der Waals surface area contributed by atoms with E-state index in [0.29, 0.717) is 0 Å². The molecule has 0 aliphatic rings. The molecule has 0 aliphatic carbocycles. The molecule has 0 saturated heterocycles. The zero-order chi connectivity index (χ0) is 11.9. The van der Waals surface area contributed by atoms with Crippen LogP contribution < -0.4 is 0 Å². The van der Waals surface area contributed by atoms with Crippen molar-refractivity contribution in [1.29, 1.82) is 0 Å². The second kappa shape index (κ2) is 5.92. The largest absolute Gasteiger partial charge is 0.336 e. The number of rotatable bonds is 7. The van der Waals surface area contributed by atoms with Gasteiger partial charge in [0.25, 0.3) is 0 Å². The van der Waals surface area contributed by atoms with Crippen LogP contribution in [-0.4, -0.2) is 18.4 Å². The molecule has 0 bridgehead atoms. The van der Waals surface area contributed by atoms with Crippen LogP contribution in [0.2, 0.25) is 0 Å². The van der Waals surface area contributed by atoms with E-state index in [1.165, 1.54) is 12.2 Å². The highest BCUT2D eigenvalue weighted by Crippen LogP contribution is 2.51. The van der Waals surface area contributed by atoms with E-state index in [-0.39, 0.29) is 12.8 Å². The van der Waals surface area contributed by atoms with Crippen LogP contribution in [0.3, 0.4) is 0 Å². The lowest BCUT2D eigenvalue weighted by atomic mass is 10.2. The van der Waals surface area contributed by atoms with E-state index in [9.17, 15) is 4.57 Å². The molecule has 15 heavy (non-hydrogen) atoms. The molecule has 3 nitrogen and oxygen atoms in total. The summed E-state index contributed by atoms with van der Waals surface area (Å²) in [5.41, 5.74) is -0.917. The normalized spacial score (nSPS) is 15.0. The van der Waals surface area contributed by atoms with Gasteiger partial charge in [-0.15, -0.1) is 19.6 Å². The molecule has 0 radical (unpaired) electrons. The first-order chi connectivity index (χ1) is 6.89. The Labute approximate surface area is 91.7 Å². The fourth-order valence-corrected chi connectivity index (χ4v) is 2.44. The van der Waals surface area contributed by atoms with Crippen molar-refractivity contribution in [3.05, 3.63) is 25.3 Å². The maximum atomic E-state index is 12.1. The van der Waals surface area contributed by atoms with E-state index in [4.69, 9.17) is 15.5 Å². The first-order valence-corrected chi connectivity index (χ1v) is 6.26. The highest BCUT2D eigenvalue weighted by atomic mass is 31.2. The molecule has 0 aromatic rings. The molecule has 0 spiro atoms. The van der Waals surface area contributed by atoms with Gasteiger partial charge in [0.05, 0.1) is 12.8 Å². The van der Waals surface area contributed by atoms with E-state index in [1.54, 1.807) is 13.8 Å². The fourth-order valence-electron chi connectivity index (χ4n) is 0.815. The lowest BCUT2D eigenvalue weighted by Crippen LogP contribution is -2.21. The summed E-state index contributed by atoms with van der Waals surface area (Å²) in [4.78, 5) is 0. The van der Waals surface area contributed by atoms with E-state index in [1.807, 2.05) is 0 Å². The van der Waals surface area contributed by atoms with E-state index >= 15 is 0 Å². The predicted octanol–water partition coefficient (Wildman–Crippen LogP) is 3.00. The van der Waals surface area contributed by atoms with Gasteiger partial charge in [0.1, 0.15) is 5.60 Å². The number of terminal acetylenes is 1. The highest BCUT2D eigenvalue weighted by molar-refractivity contribution is 7.54. The predicted molar refractivity (Wildman–Crippen MR) is 62.8 cm³/mol. The summed E-state index contributed by atoms with van der Waals surface area (Å²) in [5.74, 6) is 2.40. The Kier molecular flexibility index (Phi) is 5.60. The molecule has 1 unspecified atom stereocenters. The van der Waals surface area contributed by atoms with Crippen LogP contribution in [0.15, 0.2) is 25.3 Å². The van der Waals surface area contributed by atoms with Crippen molar-refractivity contribution >= 4 is 7.60 Å². The first-order valence-electron chi connectivity index (χ1n) is 4.53. The van der Waals surface area contributed by atoms with E-state index in [2.05, 4.69) is 19.1 Å². The van der Waals surface area contributed by atoms with E-state index < -0.39 is 13.2 Å². The van der Waals surface area contributed by atoms with Crippen molar-refractivity contribution in [2.45, 2.75) is 19.4 Å². The second-order valence-corrected chi connectivity index (χ2v) is 5.44. The fraction of sp³-hybridized carbons (Fsp3) is 0.455. The molecule has 0 amide bonds. The van der Waals surface area contributed by atoms with Crippen LogP contribution in [0, 0.1) is 12.3 Å². The molecule has 0 heterocycles. The van der Waals surface area contributed by atoms with Crippen molar-refractivity contribution in [2.75, 3.05) is 12.8 Å². The van der Waals surface area contributed by atoms with Gasteiger partial charge in [0, 0.05) is 0 Å². The minimum Gasteiger partial charge on any atom is -0.304 e. The Bertz CT molecular complexity index is 312. The zero-order valence-electron chi connectivity index (χ0n) is 9.23. The van der Waals surface area contributed by atoms with E-state index in [0.717, 1.165) is 0 Å². The average Bonchev–Trinajstić information content (AvgIpc) is 2.14. The van der Waals surface area contributed by atoms with Crippen LogP contribution in [0.1, 0.15) is 13.8 Å². The SMILES string of the molecule is C#CC(C)(C)OP(=O)(CC=C)OCC=C. The Morgan fingerprint density at radius 2 is 2.07 bits per heavy atom. The van der Waals surface area contributed by atoms with Crippen molar-refractivity contribution in [3.63, 3.8) is 0 Å². The van der Waals surface area contributed by atoms with Crippen LogP contribution in [0.5, 0.6) is 0 Å². The Balaban J connectivity index is 4.66. The quantitative estimate of drug-likeness (QED) is 0.381. The molecule has 84 valence electrons. The van der Waals surface area contributed by atoms with Crippen LogP contribution in [-0.2, 0) is 13.6 Å². The maximum Gasteiger partial charge on any atom is 0.336 e. The highest BCUT2D eigenvalue weighted by Gasteiger charge is 2.30. The Morgan fingerprint density at radius 1 is 1.47 bits per heavy atom. The molecule has 0 fully saturated rings. The van der Waals surface area contributed by atoms with Gasteiger partial charge in [0.2, 0.25) is 0 Å². The summed E-state index contributed by atoms with van der Waals surface area (Å²) in [5, 5.41) is 0. The molecule has 0 aliphatic heterocycles. The van der Waals surface area contributed by atoms with Gasteiger partial charge in [-0.25, -0.2) is 0 Å². The third-order valence-electron chi connectivity index (χ3n) is 1.46. The molecule has 0 aromatic carbocycles. The van der Waals surface area contributed by atoms with Crippen LogP contribution >= 0.6 is 7.60 Å². The van der Waals surface area contributed by atoms with Gasteiger partial charge in [-0.3, -0.25) is 9.09 Å². The molecule has 0 rings (SSSR count). The van der Waals surface area contributed by atoms with Gasteiger partial charge in [0.15, 0.2) is 0 Å². The summed E-state index contributed by atoms with van der Waals surface area (Å²) >= 11 is 0. The minimum atomic E-state index is -3.21. The maximum absolute atomic E-state index is 12.1. The van der Waals surface area contributed by atoms with Gasteiger partial charge in [-0.1, -0.05) is 18.1 Å². The lowest BCUT2D eigenvalue weighted by molar-refractivity contribution is 0.132. The molecular formula is C11H17O3P. The molecular weight excluding hydrogens is 211 g/mol. The second-order valence-electron chi connectivity index (χ2n) is 3.41. The lowest BCUT2D eigenvalue weighted by Gasteiger charge is -2.25.